The lowest BCUT2D eigenvalue weighted by Crippen LogP contribution is -2.46. The number of nitrogen functional groups attached to an aromatic ring is 1. The molecule has 2 amide bonds. The van der Waals surface area contributed by atoms with Gasteiger partial charge in [-0.3, -0.25) is 32.5 Å². The highest BCUT2D eigenvalue weighted by Gasteiger charge is 2.50. The third-order valence-corrected chi connectivity index (χ3v) is 14.3. The minimum atomic E-state index is -5.58. The second kappa shape index (κ2) is 28.0. The van der Waals surface area contributed by atoms with Crippen LogP contribution in [0.3, 0.4) is 0 Å². The number of hydrogen-bond acceptors (Lipinski definition) is 19. The Morgan fingerprint density at radius 1 is 0.894 bits per heavy atom. The van der Waals surface area contributed by atoms with Crippen molar-refractivity contribution >= 4 is 75.4 Å². The van der Waals surface area contributed by atoms with Crippen molar-refractivity contribution in [1.29, 1.82) is 0 Å². The minimum absolute atomic E-state index is 0.0304. The number of carbonyl (C=O) groups excluding carboxylic acids is 4. The molecule has 29 heteroatoms. The van der Waals surface area contributed by atoms with Gasteiger partial charge in [0.1, 0.15) is 42.5 Å². The highest BCUT2D eigenvalue weighted by Crippen LogP contribution is 2.61. The zero-order valence-corrected chi connectivity index (χ0v) is 40.5. The van der Waals surface area contributed by atoms with E-state index in [1.54, 1.807) is 0 Å². The van der Waals surface area contributed by atoms with Gasteiger partial charge in [-0.05, 0) is 12.8 Å². The third kappa shape index (κ3) is 20.8. The summed E-state index contributed by atoms with van der Waals surface area (Å²) in [5, 5.41) is 26.6. The Kier molecular flexibility index (Phi) is 24.4. The maximum absolute atomic E-state index is 12.7. The predicted molar refractivity (Wildman–Crippen MR) is 238 cm³/mol. The average Bonchev–Trinajstić information content (AvgIpc) is 3.80. The van der Waals surface area contributed by atoms with Crippen molar-refractivity contribution in [3.63, 3.8) is 0 Å². The van der Waals surface area contributed by atoms with E-state index in [0.29, 0.717) is 18.6 Å². The number of carbonyl (C=O) groups is 4. The van der Waals surface area contributed by atoms with Gasteiger partial charge in [0.2, 0.25) is 11.8 Å². The third-order valence-electron chi connectivity index (χ3n) is 10.2. The summed E-state index contributed by atoms with van der Waals surface area (Å²) in [6.45, 7) is 0.536. The molecule has 0 aliphatic carbocycles. The Balaban J connectivity index is 1.31. The number of phosphoric acid groups is 3. The van der Waals surface area contributed by atoms with E-state index < -0.39 is 84.6 Å². The zero-order chi connectivity index (χ0) is 49.0. The fraction of sp³-hybridized carbons (Fsp3) is 0.757. The lowest BCUT2D eigenvalue weighted by Gasteiger charge is -2.30. The fourth-order valence-corrected chi connectivity index (χ4v) is 10.2. The smallest absolute Gasteiger partial charge is 0.386 e. The number of imidazole rings is 1. The van der Waals surface area contributed by atoms with Gasteiger partial charge in [0.05, 0.1) is 19.5 Å². The minimum Gasteiger partial charge on any atom is -0.386 e. The lowest BCUT2D eigenvalue weighted by atomic mass is 9.87. The van der Waals surface area contributed by atoms with Crippen molar-refractivity contribution in [3.05, 3.63) is 12.7 Å². The monoisotopic (exact) mass is 1020 g/mol. The number of ether oxygens (including phenoxy) is 1. The number of thioether (sulfide) groups is 1. The SMILES string of the molecule is CC(C)(COP(=O)(O)OP(=O)(O)OC[C@H]1O[C@@H](n2cnc3c(N)ncnc32)[C@H](O)[C@@H]1OP(=O)(O)O)[C@@H](O)C(=O)NCCC(=O)NCCSC(=O)CCCCCCCCCCCCCCC=O. The van der Waals surface area contributed by atoms with Crippen LogP contribution in [-0.2, 0) is 55.5 Å². The molecule has 0 radical (unpaired) electrons. The van der Waals surface area contributed by atoms with Crippen LogP contribution in [0.4, 0.5) is 5.82 Å². The summed E-state index contributed by atoms with van der Waals surface area (Å²) < 4.78 is 62.4. The van der Waals surface area contributed by atoms with Crippen molar-refractivity contribution in [2.24, 2.45) is 5.41 Å². The molecule has 25 nitrogen and oxygen atoms in total. The van der Waals surface area contributed by atoms with Crippen LogP contribution in [0.5, 0.6) is 0 Å². The number of nitrogens with two attached hydrogens (primary N) is 1. The van der Waals surface area contributed by atoms with Crippen LogP contribution < -0.4 is 16.4 Å². The number of anilines is 1. The summed E-state index contributed by atoms with van der Waals surface area (Å²) >= 11 is 1.14. The second-order valence-corrected chi connectivity index (χ2v) is 21.6. The molecule has 2 aromatic heterocycles. The number of aromatic nitrogens is 4. The van der Waals surface area contributed by atoms with E-state index in [1.165, 1.54) is 52.4 Å². The number of hydrogen-bond donors (Lipinski definition) is 9. The molecular weight excluding hydrogens is 955 g/mol. The molecule has 1 aliphatic rings. The Labute approximate surface area is 386 Å². The van der Waals surface area contributed by atoms with Crippen molar-refractivity contribution < 1.29 is 85.3 Å². The summed E-state index contributed by atoms with van der Waals surface area (Å²) in [6, 6.07) is 0. The Morgan fingerprint density at radius 3 is 2.12 bits per heavy atom. The quantitative estimate of drug-likeness (QED) is 0.0276. The first-order chi connectivity index (χ1) is 31.1. The van der Waals surface area contributed by atoms with Gasteiger partial charge in [0.25, 0.3) is 0 Å². The molecule has 2 aromatic rings. The number of unbranched alkanes of at least 4 members (excludes halogenated alkanes) is 12. The van der Waals surface area contributed by atoms with Crippen LogP contribution in [-0.4, -0.2) is 129 Å². The average molecular weight is 1020 g/mol. The molecule has 66 heavy (non-hydrogen) atoms. The summed E-state index contributed by atoms with van der Waals surface area (Å²) in [7, 11) is -16.4. The number of aliphatic hydroxyl groups excluding tert-OH is 2. The normalized spacial score (nSPS) is 20.1. The number of amides is 2. The molecule has 10 N–H and O–H groups in total. The zero-order valence-electron chi connectivity index (χ0n) is 37.0. The summed E-state index contributed by atoms with van der Waals surface area (Å²) in [5.41, 5.74) is 4.27. The summed E-state index contributed by atoms with van der Waals surface area (Å²) in [5.74, 6) is -1.06. The van der Waals surface area contributed by atoms with Crippen LogP contribution >= 0.6 is 35.2 Å². The molecule has 1 fully saturated rings. The Morgan fingerprint density at radius 2 is 1.50 bits per heavy atom. The van der Waals surface area contributed by atoms with Crippen molar-refractivity contribution in [2.75, 3.05) is 37.8 Å². The van der Waals surface area contributed by atoms with Gasteiger partial charge in [0.15, 0.2) is 22.8 Å². The molecule has 0 aromatic carbocycles. The highest BCUT2D eigenvalue weighted by molar-refractivity contribution is 8.13. The molecule has 1 aliphatic heterocycles. The number of aliphatic hydroxyl groups is 2. The standard InChI is InChI=1S/C37H64N7O18P3S/c1-37(2,32(49)35(50)40-18-17-27(46)39-19-21-66-28(47)16-14-12-10-8-6-4-3-5-7-9-11-13-15-20-45)23-59-65(56,57)62-64(54,55)58-22-26-31(61-63(51,52)53)30(48)36(60-26)44-25-43-29-33(38)41-24-42-34(29)44/h20,24-26,30-32,36,48-49H,3-19,21-23H2,1-2H3,(H,39,46)(H,40,50)(H,54,55)(H,56,57)(H2,38,41,42)(H2,51,52,53)/t26-,30-,31-,32+,36-/m1/s1. The van der Waals surface area contributed by atoms with E-state index in [9.17, 15) is 62.7 Å². The van der Waals surface area contributed by atoms with Gasteiger partial charge in [0, 0.05) is 43.5 Å². The summed E-state index contributed by atoms with van der Waals surface area (Å²) in [4.78, 5) is 98.6. The molecule has 0 bridgehead atoms. The maximum atomic E-state index is 12.7. The number of nitrogens with one attached hydrogen (secondary N) is 2. The van der Waals surface area contributed by atoms with E-state index in [2.05, 4.69) is 34.4 Å². The van der Waals surface area contributed by atoms with Crippen LogP contribution in [0.15, 0.2) is 12.7 Å². The first-order valence-corrected chi connectivity index (χ1v) is 27.0. The van der Waals surface area contributed by atoms with E-state index in [1.807, 2.05) is 0 Å². The molecule has 2 unspecified atom stereocenters. The lowest BCUT2D eigenvalue weighted by molar-refractivity contribution is -0.137. The predicted octanol–water partition coefficient (Wildman–Crippen LogP) is 3.33. The van der Waals surface area contributed by atoms with E-state index in [0.717, 1.165) is 73.8 Å². The van der Waals surface area contributed by atoms with Crippen LogP contribution in [0.2, 0.25) is 0 Å². The van der Waals surface area contributed by atoms with Crippen molar-refractivity contribution in [3.8, 4) is 0 Å². The molecule has 376 valence electrons. The Hall–Kier alpha value is -2.77. The second-order valence-electron chi connectivity index (χ2n) is 16.2. The molecular formula is C37H64N7O18P3S. The number of rotatable bonds is 34. The maximum Gasteiger partial charge on any atom is 0.481 e. The van der Waals surface area contributed by atoms with Gasteiger partial charge < -0.3 is 55.7 Å². The molecule has 3 heterocycles. The molecule has 1 saturated heterocycles. The molecule has 0 spiro atoms. The largest absolute Gasteiger partial charge is 0.481 e. The molecule has 3 rings (SSSR count). The first-order valence-electron chi connectivity index (χ1n) is 21.5. The van der Waals surface area contributed by atoms with Gasteiger partial charge in [-0.2, -0.15) is 4.31 Å². The van der Waals surface area contributed by atoms with Gasteiger partial charge in [-0.1, -0.05) is 89.8 Å². The Bertz CT molecular complexity index is 2010. The fourth-order valence-electron chi connectivity index (χ4n) is 6.63. The van der Waals surface area contributed by atoms with Crippen LogP contribution in [0, 0.1) is 5.41 Å². The highest BCUT2D eigenvalue weighted by atomic mass is 32.2. The number of nitrogens with zero attached hydrogens (tertiary/aromatic N) is 4. The molecule has 0 saturated carbocycles. The van der Waals surface area contributed by atoms with Crippen LogP contribution in [0.25, 0.3) is 11.2 Å². The summed E-state index contributed by atoms with van der Waals surface area (Å²) in [6.07, 6.45) is 8.62. The van der Waals surface area contributed by atoms with Crippen molar-refractivity contribution in [1.82, 2.24) is 30.2 Å². The van der Waals surface area contributed by atoms with Crippen LogP contribution in [0.1, 0.15) is 116 Å². The van der Waals surface area contributed by atoms with E-state index in [4.69, 9.17) is 19.5 Å². The van der Waals surface area contributed by atoms with Gasteiger partial charge in [-0.25, -0.2) is 28.6 Å². The topological polar surface area (TPSA) is 381 Å². The number of aldehydes is 1. The first kappa shape index (κ1) is 57.5. The van der Waals surface area contributed by atoms with Gasteiger partial charge >= 0.3 is 23.5 Å². The van der Waals surface area contributed by atoms with E-state index >= 15 is 0 Å². The van der Waals surface area contributed by atoms with E-state index in [-0.39, 0.29) is 41.6 Å². The number of phosphoric ester groups is 3. The molecule has 7 atom stereocenters. The number of fused-ring (bicyclic) bond motifs is 1. The van der Waals surface area contributed by atoms with Gasteiger partial charge in [-0.15, -0.1) is 0 Å². The van der Waals surface area contributed by atoms with Crippen molar-refractivity contribution in [2.45, 2.75) is 141 Å².